The number of nitrogens with zero attached hydrogens (tertiary/aromatic N) is 1. The number of hydrogen-bond acceptors (Lipinski definition) is 5. The molecule has 0 spiro atoms. The second kappa shape index (κ2) is 8.52. The zero-order valence-electron chi connectivity index (χ0n) is 12.6. The lowest BCUT2D eigenvalue weighted by molar-refractivity contribution is -0.129. The molecular formula is C17H13BrClNO4. The van der Waals surface area contributed by atoms with E-state index in [9.17, 15) is 4.79 Å². The maximum absolute atomic E-state index is 12.0. The van der Waals surface area contributed by atoms with Gasteiger partial charge in [0.25, 0.3) is 0 Å². The lowest BCUT2D eigenvalue weighted by Crippen LogP contribution is -2.06. The lowest BCUT2D eigenvalue weighted by Gasteiger charge is -2.11. The number of benzene rings is 2. The summed E-state index contributed by atoms with van der Waals surface area (Å²) in [6, 6.07) is 10.3. The third kappa shape index (κ3) is 4.84. The third-order valence-electron chi connectivity index (χ3n) is 2.92. The summed E-state index contributed by atoms with van der Waals surface area (Å²) in [5, 5.41) is 12.1. The van der Waals surface area contributed by atoms with Crippen LogP contribution in [-0.4, -0.2) is 24.5 Å². The van der Waals surface area contributed by atoms with Crippen molar-refractivity contribution in [2.75, 3.05) is 7.11 Å². The van der Waals surface area contributed by atoms with Crippen molar-refractivity contribution in [1.82, 2.24) is 0 Å². The van der Waals surface area contributed by atoms with Gasteiger partial charge in [-0.15, -0.1) is 0 Å². The van der Waals surface area contributed by atoms with Gasteiger partial charge in [0.2, 0.25) is 0 Å². The van der Waals surface area contributed by atoms with Crippen molar-refractivity contribution in [3.8, 4) is 11.5 Å². The van der Waals surface area contributed by atoms with E-state index < -0.39 is 5.97 Å². The Bertz CT molecular complexity index is 805. The molecular weight excluding hydrogens is 398 g/mol. The summed E-state index contributed by atoms with van der Waals surface area (Å²) in [7, 11) is 1.45. The van der Waals surface area contributed by atoms with Gasteiger partial charge in [0, 0.05) is 16.7 Å². The molecule has 0 atom stereocenters. The van der Waals surface area contributed by atoms with Crippen LogP contribution in [0.4, 0.5) is 0 Å². The number of hydrogen-bond donors (Lipinski definition) is 1. The molecule has 0 aromatic heterocycles. The van der Waals surface area contributed by atoms with Crippen LogP contribution in [0.15, 0.2) is 52.1 Å². The number of halogens is 2. The molecule has 2 aromatic carbocycles. The van der Waals surface area contributed by atoms with Crippen LogP contribution in [0.25, 0.3) is 6.08 Å². The minimum atomic E-state index is -0.572. The molecule has 24 heavy (non-hydrogen) atoms. The number of oxime groups is 1. The zero-order chi connectivity index (χ0) is 17.5. The summed E-state index contributed by atoms with van der Waals surface area (Å²) >= 11 is 9.19. The van der Waals surface area contributed by atoms with Gasteiger partial charge in [0.15, 0.2) is 11.5 Å². The highest BCUT2D eigenvalue weighted by Gasteiger charge is 2.14. The average molecular weight is 411 g/mol. The number of ether oxygens (including phenoxy) is 2. The molecule has 0 aliphatic rings. The molecule has 1 N–H and O–H groups in total. The molecule has 7 heteroatoms. The van der Waals surface area contributed by atoms with Crippen molar-refractivity contribution in [1.29, 1.82) is 0 Å². The molecule has 0 aliphatic carbocycles. The van der Waals surface area contributed by atoms with Gasteiger partial charge in [-0.2, -0.15) is 0 Å². The van der Waals surface area contributed by atoms with E-state index in [4.69, 9.17) is 26.3 Å². The first-order valence-corrected chi connectivity index (χ1v) is 7.91. The number of rotatable bonds is 5. The van der Waals surface area contributed by atoms with Crippen molar-refractivity contribution in [2.45, 2.75) is 0 Å². The predicted octanol–water partition coefficient (Wildman–Crippen LogP) is 4.54. The number of carbonyl (C=O) groups excluding carboxylic acids is 1. The highest BCUT2D eigenvalue weighted by molar-refractivity contribution is 9.10. The van der Waals surface area contributed by atoms with Gasteiger partial charge in [0.05, 0.1) is 17.8 Å². The summed E-state index contributed by atoms with van der Waals surface area (Å²) in [6.07, 6.45) is 4.12. The third-order valence-corrected chi connectivity index (χ3v) is 3.75. The normalized spacial score (nSPS) is 11.1. The standard InChI is InChI=1S/C17H13BrClNO4/c1-23-15-9-12(10-20-22)8-14(18)17(15)24-16(21)6-5-11-3-2-4-13(19)7-11/h2-10,22H,1H3/b6-5?,20-10+. The van der Waals surface area contributed by atoms with Crippen LogP contribution in [-0.2, 0) is 4.79 Å². The fourth-order valence-electron chi connectivity index (χ4n) is 1.89. The van der Waals surface area contributed by atoms with E-state index in [-0.39, 0.29) is 5.75 Å². The maximum atomic E-state index is 12.0. The molecule has 0 aliphatic heterocycles. The first kappa shape index (κ1) is 18.0. The van der Waals surface area contributed by atoms with Crippen molar-refractivity contribution >= 4 is 45.8 Å². The van der Waals surface area contributed by atoms with Gasteiger partial charge < -0.3 is 14.7 Å². The highest BCUT2D eigenvalue weighted by atomic mass is 79.9. The summed E-state index contributed by atoms with van der Waals surface area (Å²) < 4.78 is 11.0. The van der Waals surface area contributed by atoms with Gasteiger partial charge >= 0.3 is 5.97 Å². The summed E-state index contributed by atoms with van der Waals surface area (Å²) in [6.45, 7) is 0. The van der Waals surface area contributed by atoms with Crippen LogP contribution in [0.2, 0.25) is 5.02 Å². The van der Waals surface area contributed by atoms with E-state index in [1.54, 1.807) is 36.4 Å². The number of methoxy groups -OCH3 is 1. The molecule has 0 bridgehead atoms. The average Bonchev–Trinajstić information content (AvgIpc) is 2.55. The van der Waals surface area contributed by atoms with Gasteiger partial charge in [-0.05, 0) is 51.8 Å². The van der Waals surface area contributed by atoms with Crippen LogP contribution >= 0.6 is 27.5 Å². The Hall–Kier alpha value is -2.31. The van der Waals surface area contributed by atoms with Crippen molar-refractivity contribution < 1.29 is 19.5 Å². The monoisotopic (exact) mass is 409 g/mol. The Morgan fingerprint density at radius 3 is 2.75 bits per heavy atom. The minimum Gasteiger partial charge on any atom is -0.493 e. The molecule has 5 nitrogen and oxygen atoms in total. The molecule has 0 fully saturated rings. The Morgan fingerprint density at radius 2 is 2.08 bits per heavy atom. The Kier molecular flexibility index (Phi) is 6.40. The largest absolute Gasteiger partial charge is 0.493 e. The minimum absolute atomic E-state index is 0.230. The van der Waals surface area contributed by atoms with Crippen molar-refractivity contribution in [2.24, 2.45) is 5.16 Å². The molecule has 124 valence electrons. The summed E-state index contributed by atoms with van der Waals surface area (Å²) in [5.41, 5.74) is 1.36. The fourth-order valence-corrected chi connectivity index (χ4v) is 2.63. The van der Waals surface area contributed by atoms with E-state index in [1.807, 2.05) is 6.07 Å². The van der Waals surface area contributed by atoms with Gasteiger partial charge in [-0.1, -0.05) is 28.9 Å². The van der Waals surface area contributed by atoms with Crippen LogP contribution in [0.5, 0.6) is 11.5 Å². The van der Waals surface area contributed by atoms with Crippen molar-refractivity contribution in [3.05, 3.63) is 63.1 Å². The topological polar surface area (TPSA) is 68.1 Å². The van der Waals surface area contributed by atoms with Crippen LogP contribution in [0, 0.1) is 0 Å². The van der Waals surface area contributed by atoms with Crippen LogP contribution in [0.1, 0.15) is 11.1 Å². The molecule has 0 heterocycles. The number of esters is 1. The molecule has 0 saturated heterocycles. The fraction of sp³-hybridized carbons (Fsp3) is 0.0588. The molecule has 0 amide bonds. The first-order chi connectivity index (χ1) is 11.5. The molecule has 0 saturated carbocycles. The Labute approximate surface area is 152 Å². The lowest BCUT2D eigenvalue weighted by atomic mass is 10.2. The Balaban J connectivity index is 2.19. The molecule has 2 aromatic rings. The summed E-state index contributed by atoms with van der Waals surface area (Å²) in [4.78, 5) is 12.0. The Morgan fingerprint density at radius 1 is 1.29 bits per heavy atom. The van der Waals surface area contributed by atoms with Crippen LogP contribution in [0.3, 0.4) is 0 Å². The van der Waals surface area contributed by atoms with E-state index in [0.29, 0.717) is 20.8 Å². The molecule has 2 rings (SSSR count). The van der Waals surface area contributed by atoms with E-state index in [0.717, 1.165) is 5.56 Å². The molecule has 0 radical (unpaired) electrons. The zero-order valence-corrected chi connectivity index (χ0v) is 14.9. The number of carbonyl (C=O) groups is 1. The van der Waals surface area contributed by atoms with Crippen molar-refractivity contribution in [3.63, 3.8) is 0 Å². The second-order valence-electron chi connectivity index (χ2n) is 4.59. The van der Waals surface area contributed by atoms with Gasteiger partial charge in [0.1, 0.15) is 0 Å². The van der Waals surface area contributed by atoms with E-state index in [1.165, 1.54) is 19.4 Å². The highest BCUT2D eigenvalue weighted by Crippen LogP contribution is 2.36. The summed E-state index contributed by atoms with van der Waals surface area (Å²) in [5.74, 6) is -0.0188. The van der Waals surface area contributed by atoms with Gasteiger partial charge in [-0.25, -0.2) is 4.79 Å². The van der Waals surface area contributed by atoms with E-state index >= 15 is 0 Å². The van der Waals surface area contributed by atoms with Gasteiger partial charge in [-0.3, -0.25) is 0 Å². The quantitative estimate of drug-likeness (QED) is 0.196. The predicted molar refractivity (Wildman–Crippen MR) is 96.2 cm³/mol. The SMILES string of the molecule is COc1cc(/C=N/O)cc(Br)c1OC(=O)C=Cc1cccc(Cl)c1. The maximum Gasteiger partial charge on any atom is 0.336 e. The van der Waals surface area contributed by atoms with E-state index in [2.05, 4.69) is 21.1 Å². The molecule has 0 unspecified atom stereocenters. The smallest absolute Gasteiger partial charge is 0.336 e. The second-order valence-corrected chi connectivity index (χ2v) is 5.88. The first-order valence-electron chi connectivity index (χ1n) is 6.74. The van der Waals surface area contributed by atoms with Crippen LogP contribution < -0.4 is 9.47 Å².